The third kappa shape index (κ3) is 4.06. The van der Waals surface area contributed by atoms with Gasteiger partial charge in [0.15, 0.2) is 0 Å². The van der Waals surface area contributed by atoms with E-state index < -0.39 is 5.97 Å². The van der Waals surface area contributed by atoms with Gasteiger partial charge in [-0.2, -0.15) is 0 Å². The van der Waals surface area contributed by atoms with Gasteiger partial charge in [0.05, 0.1) is 24.0 Å². The van der Waals surface area contributed by atoms with Crippen molar-refractivity contribution in [3.8, 4) is 5.75 Å². The number of benzene rings is 2. The molecule has 2 N–H and O–H groups in total. The molecule has 4 rings (SSSR count). The van der Waals surface area contributed by atoms with Gasteiger partial charge >= 0.3 is 5.97 Å². The maximum atomic E-state index is 12.2. The lowest BCUT2D eigenvalue weighted by Gasteiger charge is -2.38. The highest BCUT2D eigenvalue weighted by Crippen LogP contribution is 2.31. The van der Waals surface area contributed by atoms with E-state index in [0.717, 1.165) is 62.6 Å². The predicted molar refractivity (Wildman–Crippen MR) is 117 cm³/mol. The zero-order valence-electron chi connectivity index (χ0n) is 17.1. The number of methoxy groups -OCH3 is 1. The van der Waals surface area contributed by atoms with Gasteiger partial charge in [-0.25, -0.2) is 4.79 Å². The van der Waals surface area contributed by atoms with Crippen molar-refractivity contribution in [2.75, 3.05) is 48.4 Å². The van der Waals surface area contributed by atoms with Crippen LogP contribution in [0, 0.1) is 5.92 Å². The Morgan fingerprint density at radius 3 is 2.37 bits per heavy atom. The molecule has 2 aromatic rings. The molecule has 1 amide bonds. The van der Waals surface area contributed by atoms with Gasteiger partial charge in [-0.05, 0) is 43.2 Å². The number of carboxylic acid groups (broad SMARTS) is 1. The Balaban J connectivity index is 1.46. The van der Waals surface area contributed by atoms with Crippen LogP contribution in [0.1, 0.15) is 29.6 Å². The van der Waals surface area contributed by atoms with Gasteiger partial charge in [0, 0.05) is 37.8 Å². The molecule has 2 aromatic carbocycles. The molecule has 1 saturated heterocycles. The van der Waals surface area contributed by atoms with Gasteiger partial charge in [-0.1, -0.05) is 18.6 Å². The van der Waals surface area contributed by atoms with Crippen molar-refractivity contribution in [3.63, 3.8) is 0 Å². The highest BCUT2D eigenvalue weighted by molar-refractivity contribution is 6.02. The number of nitrogens with zero attached hydrogens (tertiary/aromatic N) is 2. The van der Waals surface area contributed by atoms with Crippen LogP contribution in [-0.4, -0.2) is 50.3 Å². The van der Waals surface area contributed by atoms with Crippen molar-refractivity contribution < 1.29 is 19.4 Å². The summed E-state index contributed by atoms with van der Waals surface area (Å²) in [6, 6.07) is 13.2. The summed E-state index contributed by atoms with van der Waals surface area (Å²) in [6.07, 6.45) is 2.81. The number of carbonyl (C=O) groups excluding carboxylic acids is 1. The van der Waals surface area contributed by atoms with Crippen LogP contribution < -0.4 is 19.9 Å². The lowest BCUT2D eigenvalue weighted by Crippen LogP contribution is -2.46. The number of carbonyl (C=O) groups is 2. The van der Waals surface area contributed by atoms with Gasteiger partial charge < -0.3 is 25.0 Å². The molecule has 7 heteroatoms. The average molecular weight is 409 g/mol. The van der Waals surface area contributed by atoms with E-state index in [1.807, 2.05) is 24.3 Å². The number of aromatic carboxylic acids is 1. The Bertz CT molecular complexity index is 934. The monoisotopic (exact) mass is 409 g/mol. The fraction of sp³-hybridized carbons (Fsp3) is 0.391. The van der Waals surface area contributed by atoms with Gasteiger partial charge in [0.1, 0.15) is 5.75 Å². The largest absolute Gasteiger partial charge is 0.495 e. The summed E-state index contributed by atoms with van der Waals surface area (Å²) in [6.45, 7) is 3.15. The quantitative estimate of drug-likeness (QED) is 0.760. The van der Waals surface area contributed by atoms with Gasteiger partial charge in [0.25, 0.3) is 0 Å². The third-order valence-corrected chi connectivity index (χ3v) is 6.04. The Labute approximate surface area is 176 Å². The minimum absolute atomic E-state index is 0.00868. The summed E-state index contributed by atoms with van der Waals surface area (Å²) < 4.78 is 5.47. The van der Waals surface area contributed by atoms with Crippen molar-refractivity contribution in [2.45, 2.75) is 19.3 Å². The predicted octanol–water partition coefficient (Wildman–Crippen LogP) is 3.46. The fourth-order valence-corrected chi connectivity index (χ4v) is 4.02. The number of nitrogens with one attached hydrogen (secondary N) is 1. The van der Waals surface area contributed by atoms with Gasteiger partial charge in [-0.15, -0.1) is 0 Å². The molecule has 1 aliphatic heterocycles. The summed E-state index contributed by atoms with van der Waals surface area (Å²) >= 11 is 0. The standard InChI is InChI=1S/C23H27N3O4/c1-30-21-8-3-2-7-20(21)26-13-11-25(12-14-26)17-9-10-19(18(15-17)23(28)29)24-22(27)16-5-4-6-16/h2-3,7-10,15-16H,4-6,11-14H2,1H3,(H,24,27)(H,28,29). The normalized spacial score (nSPS) is 16.7. The summed E-state index contributed by atoms with van der Waals surface area (Å²) in [7, 11) is 1.67. The number of piperazine rings is 1. The Kier molecular flexibility index (Phi) is 5.79. The fourth-order valence-electron chi connectivity index (χ4n) is 4.02. The molecule has 7 nitrogen and oxygen atoms in total. The number of hydrogen-bond acceptors (Lipinski definition) is 5. The molecule has 0 bridgehead atoms. The molecule has 0 aromatic heterocycles. The number of ether oxygens (including phenoxy) is 1. The van der Waals surface area contributed by atoms with Crippen LogP contribution in [0.3, 0.4) is 0 Å². The van der Waals surface area contributed by atoms with Crippen molar-refractivity contribution in [1.82, 2.24) is 0 Å². The van der Waals surface area contributed by atoms with Crippen molar-refractivity contribution in [3.05, 3.63) is 48.0 Å². The molecule has 1 heterocycles. The highest BCUT2D eigenvalue weighted by atomic mass is 16.5. The molecule has 0 atom stereocenters. The van der Waals surface area contributed by atoms with Crippen molar-refractivity contribution in [1.29, 1.82) is 0 Å². The van der Waals surface area contributed by atoms with E-state index in [1.165, 1.54) is 0 Å². The van der Waals surface area contributed by atoms with Crippen LogP contribution in [0.5, 0.6) is 5.75 Å². The molecule has 0 unspecified atom stereocenters. The second kappa shape index (κ2) is 8.65. The first-order valence-electron chi connectivity index (χ1n) is 10.4. The maximum absolute atomic E-state index is 12.2. The van der Waals surface area contributed by atoms with E-state index in [1.54, 1.807) is 19.2 Å². The lowest BCUT2D eigenvalue weighted by molar-refractivity contribution is -0.122. The molecule has 30 heavy (non-hydrogen) atoms. The highest BCUT2D eigenvalue weighted by Gasteiger charge is 2.27. The Hall–Kier alpha value is -3.22. The van der Waals surface area contributed by atoms with Gasteiger partial charge in [-0.3, -0.25) is 4.79 Å². The van der Waals surface area contributed by atoms with E-state index in [0.29, 0.717) is 5.69 Å². The first-order chi connectivity index (χ1) is 14.6. The van der Waals surface area contributed by atoms with Crippen molar-refractivity contribution >= 4 is 28.9 Å². The number of anilines is 3. The van der Waals surface area contributed by atoms with E-state index in [4.69, 9.17) is 4.74 Å². The summed E-state index contributed by atoms with van der Waals surface area (Å²) in [4.78, 5) is 28.5. The second-order valence-corrected chi connectivity index (χ2v) is 7.80. The van der Waals surface area contributed by atoms with Crippen LogP contribution in [0.15, 0.2) is 42.5 Å². The topological polar surface area (TPSA) is 82.1 Å². The number of carboxylic acids is 1. The first kappa shape index (κ1) is 20.1. The molecular formula is C23H27N3O4. The Morgan fingerprint density at radius 1 is 1.03 bits per heavy atom. The maximum Gasteiger partial charge on any atom is 0.337 e. The van der Waals surface area contributed by atoms with Crippen LogP contribution in [0.25, 0.3) is 0 Å². The first-order valence-corrected chi connectivity index (χ1v) is 10.4. The molecule has 0 radical (unpaired) electrons. The third-order valence-electron chi connectivity index (χ3n) is 6.04. The minimum Gasteiger partial charge on any atom is -0.495 e. The van der Waals surface area contributed by atoms with Crippen LogP contribution in [-0.2, 0) is 4.79 Å². The Morgan fingerprint density at radius 2 is 1.73 bits per heavy atom. The van der Waals surface area contributed by atoms with E-state index in [2.05, 4.69) is 21.2 Å². The van der Waals surface area contributed by atoms with E-state index >= 15 is 0 Å². The second-order valence-electron chi connectivity index (χ2n) is 7.80. The molecule has 2 fully saturated rings. The van der Waals surface area contributed by atoms with E-state index in [9.17, 15) is 14.7 Å². The molecule has 158 valence electrons. The molecule has 0 spiro atoms. The summed E-state index contributed by atoms with van der Waals surface area (Å²) in [5.41, 5.74) is 2.43. The van der Waals surface area contributed by atoms with Gasteiger partial charge in [0.2, 0.25) is 5.91 Å². The van der Waals surface area contributed by atoms with Crippen molar-refractivity contribution in [2.24, 2.45) is 5.92 Å². The molecule has 1 saturated carbocycles. The minimum atomic E-state index is -1.03. The zero-order valence-corrected chi connectivity index (χ0v) is 17.1. The SMILES string of the molecule is COc1ccccc1N1CCN(c2ccc(NC(=O)C3CCC3)c(C(=O)O)c2)CC1. The molecular weight excluding hydrogens is 382 g/mol. The molecule has 2 aliphatic rings. The number of rotatable bonds is 6. The lowest BCUT2D eigenvalue weighted by atomic mass is 9.85. The summed E-state index contributed by atoms with van der Waals surface area (Å²) in [5, 5.41) is 12.5. The van der Waals surface area contributed by atoms with Crippen LogP contribution in [0.4, 0.5) is 17.1 Å². The smallest absolute Gasteiger partial charge is 0.337 e. The van der Waals surface area contributed by atoms with Crippen LogP contribution in [0.2, 0.25) is 0 Å². The zero-order chi connectivity index (χ0) is 21.1. The number of hydrogen-bond donors (Lipinski definition) is 2. The number of amides is 1. The van der Waals surface area contributed by atoms with Crippen LogP contribution >= 0.6 is 0 Å². The average Bonchev–Trinajstić information content (AvgIpc) is 2.72. The van der Waals surface area contributed by atoms with E-state index in [-0.39, 0.29) is 17.4 Å². The number of para-hydroxylation sites is 2. The molecule has 1 aliphatic carbocycles. The summed E-state index contributed by atoms with van der Waals surface area (Å²) in [5.74, 6) is -0.254.